The number of carbonyl (C=O) groups excluding carboxylic acids is 2. The van der Waals surface area contributed by atoms with E-state index in [0.717, 1.165) is 6.92 Å². The van der Waals surface area contributed by atoms with Gasteiger partial charge < -0.3 is 31.1 Å². The molecule has 0 fully saturated rings. The van der Waals surface area contributed by atoms with Gasteiger partial charge in [-0.15, -0.1) is 0 Å². The average molecular weight is 382 g/mol. The molecule has 0 aliphatic rings. The van der Waals surface area contributed by atoms with Crippen LogP contribution in [0.1, 0.15) is 32.3 Å². The molecule has 1 rings (SSSR count). The molecule has 10 nitrogen and oxygen atoms in total. The molecule has 1 aromatic rings. The van der Waals surface area contributed by atoms with Gasteiger partial charge in [0.2, 0.25) is 11.8 Å². The zero-order valence-electron chi connectivity index (χ0n) is 14.9. The summed E-state index contributed by atoms with van der Waals surface area (Å²) >= 11 is 0. The molecular weight excluding hydrogens is 360 g/mol. The highest BCUT2D eigenvalue weighted by Crippen LogP contribution is 2.27. The van der Waals surface area contributed by atoms with E-state index in [9.17, 15) is 34.5 Å². The predicted octanol–water partition coefficient (Wildman–Crippen LogP) is -0.0307. The topological polar surface area (TPSA) is 173 Å². The molecule has 0 spiro atoms. The third-order valence-corrected chi connectivity index (χ3v) is 3.82. The van der Waals surface area contributed by atoms with E-state index in [2.05, 4.69) is 10.6 Å². The Morgan fingerprint density at radius 1 is 1.11 bits per heavy atom. The van der Waals surface area contributed by atoms with E-state index in [0.29, 0.717) is 5.56 Å². The molecular formula is C17H22N2O8. The lowest BCUT2D eigenvalue weighted by atomic mass is 9.92. The van der Waals surface area contributed by atoms with Gasteiger partial charge in [-0.25, -0.2) is 9.59 Å². The lowest BCUT2D eigenvalue weighted by Crippen LogP contribution is -2.54. The fourth-order valence-electron chi connectivity index (χ4n) is 2.41. The molecule has 2 amide bonds. The molecule has 0 aromatic heterocycles. The average Bonchev–Trinajstić information content (AvgIpc) is 2.54. The van der Waals surface area contributed by atoms with Crippen LogP contribution in [-0.4, -0.2) is 55.8 Å². The van der Waals surface area contributed by atoms with Gasteiger partial charge in [-0.2, -0.15) is 0 Å². The van der Waals surface area contributed by atoms with Crippen molar-refractivity contribution in [2.45, 2.75) is 44.7 Å². The summed E-state index contributed by atoms with van der Waals surface area (Å²) in [5, 5.41) is 41.8. The Morgan fingerprint density at radius 3 is 2.22 bits per heavy atom. The minimum absolute atomic E-state index is 0.185. The largest absolute Gasteiger partial charge is 0.504 e. The fourth-order valence-corrected chi connectivity index (χ4v) is 2.41. The third kappa shape index (κ3) is 6.49. The minimum atomic E-state index is -1.73. The number of hydrogen-bond donors (Lipinski definition) is 6. The van der Waals surface area contributed by atoms with E-state index in [1.165, 1.54) is 25.1 Å². The van der Waals surface area contributed by atoms with E-state index < -0.39 is 41.1 Å². The van der Waals surface area contributed by atoms with E-state index in [-0.39, 0.29) is 25.0 Å². The number of aromatic hydroxyl groups is 2. The number of carbonyl (C=O) groups is 4. The molecule has 148 valence electrons. The number of nitrogens with one attached hydrogen (secondary N) is 2. The SMILES string of the molecule is CC(=O)NC(CCC(=O)N[C@](C)(Cc1ccc(O)c(O)c1)C(=O)O)C(=O)O. The number of phenolic OH excluding ortho intramolecular Hbond substituents is 2. The molecule has 0 heterocycles. The number of carboxylic acid groups (broad SMARTS) is 2. The Morgan fingerprint density at radius 2 is 1.74 bits per heavy atom. The van der Waals surface area contributed by atoms with Gasteiger partial charge in [0.25, 0.3) is 0 Å². The van der Waals surface area contributed by atoms with Crippen LogP contribution in [0, 0.1) is 0 Å². The summed E-state index contributed by atoms with van der Waals surface area (Å²) in [6.45, 7) is 2.41. The summed E-state index contributed by atoms with van der Waals surface area (Å²) < 4.78 is 0. The molecule has 0 aliphatic heterocycles. The highest BCUT2D eigenvalue weighted by atomic mass is 16.4. The predicted molar refractivity (Wildman–Crippen MR) is 92.1 cm³/mol. The van der Waals surface area contributed by atoms with Crippen molar-refractivity contribution < 1.29 is 39.6 Å². The summed E-state index contributed by atoms with van der Waals surface area (Å²) in [6.07, 6.45) is -0.715. The normalized spacial score (nSPS) is 13.9. The first-order valence-corrected chi connectivity index (χ1v) is 8.00. The van der Waals surface area contributed by atoms with Crippen LogP contribution in [0.5, 0.6) is 11.5 Å². The maximum absolute atomic E-state index is 12.1. The fraction of sp³-hybridized carbons (Fsp3) is 0.412. The summed E-state index contributed by atoms with van der Waals surface area (Å²) in [6, 6.07) is 2.51. The monoisotopic (exact) mass is 382 g/mol. The van der Waals surface area contributed by atoms with Crippen molar-refractivity contribution in [1.82, 2.24) is 10.6 Å². The van der Waals surface area contributed by atoms with Crippen LogP contribution < -0.4 is 10.6 Å². The second-order valence-electron chi connectivity index (χ2n) is 6.32. The second-order valence-corrected chi connectivity index (χ2v) is 6.32. The molecule has 0 saturated heterocycles. The first-order valence-electron chi connectivity index (χ1n) is 8.00. The van der Waals surface area contributed by atoms with Crippen LogP contribution in [0.2, 0.25) is 0 Å². The van der Waals surface area contributed by atoms with Crippen molar-refractivity contribution in [3.05, 3.63) is 23.8 Å². The number of phenols is 2. The highest BCUT2D eigenvalue weighted by Gasteiger charge is 2.35. The summed E-state index contributed by atoms with van der Waals surface area (Å²) in [7, 11) is 0. The lowest BCUT2D eigenvalue weighted by Gasteiger charge is -2.27. The van der Waals surface area contributed by atoms with Crippen molar-refractivity contribution in [2.24, 2.45) is 0 Å². The van der Waals surface area contributed by atoms with Gasteiger partial charge in [0.1, 0.15) is 11.6 Å². The molecule has 27 heavy (non-hydrogen) atoms. The zero-order chi connectivity index (χ0) is 20.8. The molecule has 6 N–H and O–H groups in total. The van der Waals surface area contributed by atoms with Crippen LogP contribution in [0.25, 0.3) is 0 Å². The number of hydrogen-bond acceptors (Lipinski definition) is 6. The van der Waals surface area contributed by atoms with Gasteiger partial charge in [0.05, 0.1) is 0 Å². The number of aliphatic carboxylic acids is 2. The molecule has 1 unspecified atom stereocenters. The smallest absolute Gasteiger partial charge is 0.329 e. The molecule has 2 atom stereocenters. The van der Waals surface area contributed by atoms with Crippen molar-refractivity contribution >= 4 is 23.8 Å². The van der Waals surface area contributed by atoms with Gasteiger partial charge in [-0.05, 0) is 31.0 Å². The van der Waals surface area contributed by atoms with Crippen LogP contribution in [-0.2, 0) is 25.6 Å². The van der Waals surface area contributed by atoms with E-state index in [1.807, 2.05) is 0 Å². The van der Waals surface area contributed by atoms with Gasteiger partial charge >= 0.3 is 11.9 Å². The van der Waals surface area contributed by atoms with Crippen molar-refractivity contribution in [2.75, 3.05) is 0 Å². The number of benzene rings is 1. The number of carboxylic acids is 2. The summed E-state index contributed by atoms with van der Waals surface area (Å²) in [5.41, 5.74) is -1.37. The summed E-state index contributed by atoms with van der Waals surface area (Å²) in [4.78, 5) is 45.8. The Labute approximate surface area is 154 Å². The van der Waals surface area contributed by atoms with Gasteiger partial charge in [-0.1, -0.05) is 6.07 Å². The Hall–Kier alpha value is -3.30. The molecule has 0 aliphatic carbocycles. The Bertz CT molecular complexity index is 748. The van der Waals surface area contributed by atoms with E-state index in [4.69, 9.17) is 5.11 Å². The second kappa shape index (κ2) is 8.88. The van der Waals surface area contributed by atoms with Crippen LogP contribution in [0.4, 0.5) is 0 Å². The molecule has 10 heteroatoms. The van der Waals surface area contributed by atoms with Crippen molar-refractivity contribution in [3.63, 3.8) is 0 Å². The van der Waals surface area contributed by atoms with Gasteiger partial charge in [-0.3, -0.25) is 9.59 Å². The highest BCUT2D eigenvalue weighted by molar-refractivity contribution is 5.88. The molecule has 0 saturated carbocycles. The first kappa shape index (κ1) is 21.7. The van der Waals surface area contributed by atoms with Crippen molar-refractivity contribution in [3.8, 4) is 11.5 Å². The van der Waals surface area contributed by atoms with Crippen molar-refractivity contribution in [1.29, 1.82) is 0 Å². The lowest BCUT2D eigenvalue weighted by molar-refractivity contribution is -0.147. The number of rotatable bonds is 9. The van der Waals surface area contributed by atoms with E-state index >= 15 is 0 Å². The number of amides is 2. The molecule has 0 bridgehead atoms. The standard InChI is InChI=1S/C17H22N2O8/c1-9(20)18-11(15(24)25)4-6-14(23)19-17(2,16(26)27)8-10-3-5-12(21)13(22)7-10/h3,5,7,11,21-22H,4,6,8H2,1-2H3,(H,18,20)(H,19,23)(H,24,25)(H,26,27)/t11?,17-/m1/s1. The van der Waals surface area contributed by atoms with E-state index in [1.54, 1.807) is 0 Å². The van der Waals surface area contributed by atoms with Crippen LogP contribution >= 0.6 is 0 Å². The van der Waals surface area contributed by atoms with Gasteiger partial charge in [0, 0.05) is 19.8 Å². The minimum Gasteiger partial charge on any atom is -0.504 e. The van der Waals surface area contributed by atoms with Crippen LogP contribution in [0.15, 0.2) is 18.2 Å². The molecule has 1 aromatic carbocycles. The summed E-state index contributed by atoms with van der Waals surface area (Å²) in [5.74, 6) is -4.70. The molecule has 0 radical (unpaired) electrons. The Kier molecular flexibility index (Phi) is 7.15. The van der Waals surface area contributed by atoms with Crippen LogP contribution in [0.3, 0.4) is 0 Å². The van der Waals surface area contributed by atoms with Gasteiger partial charge in [0.15, 0.2) is 11.5 Å². The maximum atomic E-state index is 12.1. The maximum Gasteiger partial charge on any atom is 0.329 e. The first-order chi connectivity index (χ1) is 12.4. The quantitative estimate of drug-likeness (QED) is 0.323. The zero-order valence-corrected chi connectivity index (χ0v) is 14.9. The third-order valence-electron chi connectivity index (χ3n) is 3.82. The Balaban J connectivity index is 2.81.